The number of rotatable bonds is 23. The highest BCUT2D eigenvalue weighted by atomic mass is 14.9. The van der Waals surface area contributed by atoms with Crippen LogP contribution in [-0.2, 0) is 56.9 Å². The minimum absolute atomic E-state index is 0.103. The lowest BCUT2D eigenvalue weighted by Gasteiger charge is -2.28. The van der Waals surface area contributed by atoms with Crippen molar-refractivity contribution in [2.75, 3.05) is 0 Å². The Bertz CT molecular complexity index is 6950. The smallest absolute Gasteiger partial charge is 0.200 e. The van der Waals surface area contributed by atoms with E-state index in [1.165, 1.54) is 280 Å². The van der Waals surface area contributed by atoms with Gasteiger partial charge in [0.2, 0.25) is 28.5 Å². The van der Waals surface area contributed by atoms with E-state index in [9.17, 15) is 0 Å². The molecule has 0 bridgehead atoms. The normalized spacial score (nSPS) is 12.2. The number of fused-ring (bicyclic) bond motifs is 5. The molecule has 15 rings (SSSR count). The van der Waals surface area contributed by atoms with Gasteiger partial charge in [0.25, 0.3) is 0 Å². The molecule has 0 aliphatic rings. The molecule has 0 N–H and O–H groups in total. The Morgan fingerprint density at radius 1 is 0.211 bits per heavy atom. The van der Waals surface area contributed by atoms with Crippen molar-refractivity contribution in [2.24, 2.45) is 35.2 Å². The highest BCUT2D eigenvalue weighted by molar-refractivity contribution is 5.99. The molecule has 10 aromatic carbocycles. The van der Waals surface area contributed by atoms with Crippen LogP contribution in [0.25, 0.3) is 110 Å². The van der Waals surface area contributed by atoms with Crippen LogP contribution in [0.3, 0.4) is 0 Å². The number of hydrogen-bond acceptors (Lipinski definition) is 0. The maximum Gasteiger partial charge on any atom is 0.220 e. The van der Waals surface area contributed by atoms with E-state index in [2.05, 4.69) is 519 Å². The molecule has 752 valence electrons. The van der Waals surface area contributed by atoms with Crippen LogP contribution in [0.4, 0.5) is 0 Å². The van der Waals surface area contributed by atoms with Crippen LogP contribution in [0, 0.1) is 48.5 Å². The second kappa shape index (κ2) is 47.0. The molecular formula is C137H184N5+5. The Labute approximate surface area is 862 Å². The van der Waals surface area contributed by atoms with Gasteiger partial charge in [-0.1, -0.05) is 291 Å². The Morgan fingerprint density at radius 3 is 0.739 bits per heavy atom. The monoisotopic (exact) mass is 1900 g/mol. The zero-order chi connectivity index (χ0) is 105. The van der Waals surface area contributed by atoms with Crippen LogP contribution in [0.5, 0.6) is 0 Å². The molecule has 0 saturated carbocycles. The fourth-order valence-electron chi connectivity index (χ4n) is 22.2. The third kappa shape index (κ3) is 24.9. The van der Waals surface area contributed by atoms with Crippen molar-refractivity contribution in [1.82, 2.24) is 0 Å². The number of pyridine rings is 5. The summed E-state index contributed by atoms with van der Waals surface area (Å²) in [4.78, 5) is 0. The van der Waals surface area contributed by atoms with Crippen LogP contribution < -0.4 is 22.8 Å². The number of benzene rings is 10. The summed E-state index contributed by atoms with van der Waals surface area (Å²) in [6, 6.07) is 73.0. The van der Waals surface area contributed by atoms with Gasteiger partial charge >= 0.3 is 0 Å². The lowest BCUT2D eigenvalue weighted by atomic mass is 9.76. The summed E-state index contributed by atoms with van der Waals surface area (Å²) in [5.41, 5.74) is 40.8. The van der Waals surface area contributed by atoms with Crippen LogP contribution in [-0.4, -0.2) is 0 Å². The van der Waals surface area contributed by atoms with Crippen LogP contribution in [0.2, 0.25) is 0 Å². The first-order valence-corrected chi connectivity index (χ1v) is 54.7. The highest BCUT2D eigenvalue weighted by Crippen LogP contribution is 2.45. The largest absolute Gasteiger partial charge is 0.220 e. The standard InChI is InChI=1S/C30H42N.C28H38N.C27H36N.2C26H34N/c1-11-21(12-2)22-13-14-25-23(17-22)15-16-31(10)28(25)26-18-24(29(4,5)6)19-27(20(26)3)30(7,8)9;1-9-21(10-2)22-11-12-25-23(15-22)13-14-29(8)28(25)27-17-24(18(3)4)16-26(19(5)6)20(27)7;1-9-20(10-2)21-11-12-24-22(16-21)13-14-28(8)26(24)25-17-23(27(5,6)7)15-18(3)19(25)4;1-8-19(9-2)20-11-13-23-21(16-20)14-15-27(7)25(23)24-17-22(26(4,5)6)12-10-18(24)3;1-8-20(9-2)21-10-11-24-22(15-21)12-13-27(7)26(24)25-16-23(17(3)4)14-18(5)19(25)6/h13-19,21H,11-12H2,1-10H3;11-19,21H,9-10H2,1-8H3;11-17,20H,9-10H2,1-8H3;10-17,19H,8-9H2,1-7H3;10-17,20H,8-9H2,1-7H3/q5*+1. The third-order valence-electron chi connectivity index (χ3n) is 32.2. The lowest BCUT2D eigenvalue weighted by molar-refractivity contribution is -0.659. The number of aromatic nitrogens is 5. The molecule has 5 nitrogen and oxygen atoms in total. The van der Waals surface area contributed by atoms with Gasteiger partial charge in [0.15, 0.2) is 31.0 Å². The molecule has 0 amide bonds. The minimum atomic E-state index is 0.103. The molecule has 0 saturated heterocycles. The summed E-state index contributed by atoms with van der Waals surface area (Å²) >= 11 is 0. The molecule has 5 heterocycles. The average Bonchev–Trinajstić information content (AvgIpc) is 0.763. The maximum atomic E-state index is 2.44. The van der Waals surface area contributed by atoms with Gasteiger partial charge in [-0.25, -0.2) is 22.8 Å². The van der Waals surface area contributed by atoms with E-state index in [-0.39, 0.29) is 21.7 Å². The average molecular weight is 1900 g/mol. The Kier molecular flexibility index (Phi) is 36.9. The molecule has 5 heteroatoms. The van der Waals surface area contributed by atoms with Crippen molar-refractivity contribution >= 4 is 53.9 Å². The van der Waals surface area contributed by atoms with Crippen molar-refractivity contribution in [1.29, 1.82) is 0 Å². The summed E-state index contributed by atoms with van der Waals surface area (Å²) in [5.74, 6) is 4.82. The van der Waals surface area contributed by atoms with Crippen LogP contribution in [0.1, 0.15) is 411 Å². The van der Waals surface area contributed by atoms with Gasteiger partial charge in [-0.05, 0) is 375 Å². The summed E-state index contributed by atoms with van der Waals surface area (Å²) in [6.45, 7) is 80.2. The molecule has 0 aliphatic heterocycles. The van der Waals surface area contributed by atoms with E-state index in [4.69, 9.17) is 0 Å². The molecule has 0 spiro atoms. The predicted octanol–water partition coefficient (Wildman–Crippen LogP) is 36.9. The molecule has 0 radical (unpaired) electrons. The molecule has 142 heavy (non-hydrogen) atoms. The van der Waals surface area contributed by atoms with Crippen molar-refractivity contribution in [2.45, 2.75) is 376 Å². The molecule has 5 aromatic heterocycles. The number of hydrogen-bond donors (Lipinski definition) is 0. The van der Waals surface area contributed by atoms with Crippen molar-refractivity contribution in [3.8, 4) is 56.3 Å². The van der Waals surface area contributed by atoms with Gasteiger partial charge in [-0.2, -0.15) is 0 Å². The second-order valence-electron chi connectivity index (χ2n) is 47.1. The van der Waals surface area contributed by atoms with Crippen molar-refractivity contribution in [3.63, 3.8) is 0 Å². The maximum absolute atomic E-state index is 2.44. The van der Waals surface area contributed by atoms with E-state index < -0.39 is 0 Å². The van der Waals surface area contributed by atoms with Gasteiger partial charge in [-0.15, -0.1) is 0 Å². The van der Waals surface area contributed by atoms with Gasteiger partial charge in [0.05, 0.1) is 49.2 Å². The second-order valence-corrected chi connectivity index (χ2v) is 47.1. The zero-order valence-electron chi connectivity index (χ0n) is 96.2. The number of aryl methyl sites for hydroxylation is 8. The topological polar surface area (TPSA) is 19.4 Å². The molecular weight excluding hydrogens is 1720 g/mol. The first-order valence-electron chi connectivity index (χ1n) is 54.7. The molecule has 15 aromatic rings. The van der Waals surface area contributed by atoms with Crippen molar-refractivity contribution in [3.05, 3.63) is 325 Å². The summed E-state index contributed by atoms with van der Waals surface area (Å²) in [6.07, 6.45) is 23.1. The lowest BCUT2D eigenvalue weighted by Crippen LogP contribution is -2.31. The minimum Gasteiger partial charge on any atom is -0.200 e. The molecule has 0 atom stereocenters. The zero-order valence-corrected chi connectivity index (χ0v) is 96.2. The van der Waals surface area contributed by atoms with Gasteiger partial charge in [0.1, 0.15) is 35.2 Å². The van der Waals surface area contributed by atoms with E-state index >= 15 is 0 Å². The van der Waals surface area contributed by atoms with E-state index in [1.54, 1.807) is 0 Å². The summed E-state index contributed by atoms with van der Waals surface area (Å²) in [7, 11) is 10.9. The fraction of sp³-hybridized carbons (Fsp3) is 0.453. The van der Waals surface area contributed by atoms with Crippen LogP contribution in [0.15, 0.2) is 219 Å². The first-order chi connectivity index (χ1) is 66.9. The Morgan fingerprint density at radius 2 is 0.465 bits per heavy atom. The molecule has 0 unspecified atom stereocenters. The first kappa shape index (κ1) is 112. The van der Waals surface area contributed by atoms with Crippen molar-refractivity contribution < 1.29 is 22.8 Å². The Balaban J connectivity index is 0.000000170. The van der Waals surface area contributed by atoms with Gasteiger partial charge < -0.3 is 0 Å². The summed E-state index contributed by atoms with van der Waals surface area (Å²) in [5, 5.41) is 13.4. The highest BCUT2D eigenvalue weighted by Gasteiger charge is 2.32. The quantitative estimate of drug-likeness (QED) is 0.0569. The van der Waals surface area contributed by atoms with E-state index in [0.717, 1.165) is 0 Å². The Hall–Kier alpha value is -10.8. The summed E-state index contributed by atoms with van der Waals surface area (Å²) < 4.78 is 11.4. The molecule has 0 aliphatic carbocycles. The number of nitrogens with zero attached hydrogens (tertiary/aromatic N) is 5. The third-order valence-corrected chi connectivity index (χ3v) is 32.2. The van der Waals surface area contributed by atoms with E-state index in [0.29, 0.717) is 47.3 Å². The van der Waals surface area contributed by atoms with Gasteiger partial charge in [-0.3, -0.25) is 0 Å². The predicted molar refractivity (Wildman–Crippen MR) is 620 cm³/mol. The molecule has 0 fully saturated rings. The van der Waals surface area contributed by atoms with Gasteiger partial charge in [0, 0.05) is 35.9 Å². The fourth-order valence-corrected chi connectivity index (χ4v) is 22.2. The van der Waals surface area contributed by atoms with E-state index in [1.807, 2.05) is 0 Å². The van der Waals surface area contributed by atoms with Crippen LogP contribution >= 0.6 is 0 Å². The SMILES string of the molecule is CCC(CC)c1ccc2c(-c3cc(C(C)(C)C)cc(C(C)(C)C)c3C)[n+](C)ccc2c1.CCC(CC)c1ccc2c(-c3cc(C(C)(C)C)cc(C)c3C)[n+](C)ccc2c1.CCC(CC)c1ccc2c(-c3cc(C(C)(C)C)ccc3C)[n+](C)ccc2c1.CCC(CC)c1ccc2c(-c3cc(C(C)C)cc(C(C)C)c3C)[n+](C)ccc2c1.CCC(CC)c1ccc2c(-c3cc(C(C)C)cc(C)c3C)[n+](C)ccc2c1.